The maximum Gasteiger partial charge on any atom is 0.266 e. The van der Waals surface area contributed by atoms with Crippen molar-refractivity contribution in [1.29, 1.82) is 0 Å². The summed E-state index contributed by atoms with van der Waals surface area (Å²) in [7, 11) is 0. The van der Waals surface area contributed by atoms with Crippen LogP contribution in [0.15, 0.2) is 12.7 Å². The molecule has 1 radical (unpaired) electrons. The highest BCUT2D eigenvalue weighted by Gasteiger charge is 2.05. The molecule has 1 unspecified atom stereocenters. The van der Waals surface area contributed by atoms with Gasteiger partial charge in [0, 0.05) is 5.25 Å². The van der Waals surface area contributed by atoms with Gasteiger partial charge in [0.2, 0.25) is 0 Å². The summed E-state index contributed by atoms with van der Waals surface area (Å²) in [6, 6.07) is 0. The molecule has 1 atom stereocenters. The van der Waals surface area contributed by atoms with E-state index in [2.05, 4.69) is 13.5 Å². The molecule has 0 saturated heterocycles. The van der Waals surface area contributed by atoms with Gasteiger partial charge < -0.3 is 0 Å². The fourth-order valence-corrected chi connectivity index (χ4v) is 1.56. The topological polar surface area (TPSA) is 17.1 Å². The summed E-state index contributed by atoms with van der Waals surface area (Å²) in [5, 5.41) is 0.407. The summed E-state index contributed by atoms with van der Waals surface area (Å²) >= 11 is 1.26. The van der Waals surface area contributed by atoms with E-state index in [9.17, 15) is 4.79 Å². The Hall–Kier alpha value is -0.240. The summed E-state index contributed by atoms with van der Waals surface area (Å²) in [4.78, 5) is 10.1. The van der Waals surface area contributed by atoms with E-state index in [0.717, 1.165) is 12.8 Å². The van der Waals surface area contributed by atoms with Crippen molar-refractivity contribution in [2.45, 2.75) is 37.9 Å². The largest absolute Gasteiger partial charge is 0.277 e. The molecular formula is C9H15OS. The first-order chi connectivity index (χ1) is 5.35. The normalized spacial score (nSPS) is 12.5. The first kappa shape index (κ1) is 10.8. The average Bonchev–Trinajstić information content (AvgIpc) is 2.01. The lowest BCUT2D eigenvalue weighted by atomic mass is 10.1. The zero-order chi connectivity index (χ0) is 8.53. The standard InChI is InChI=1S/C9H15OS/c1-3-5-7-9(6-4-2)11-8-10/h4,9H,2-3,5-7H2,1H3. The number of thioether (sulfide) groups is 1. The van der Waals surface area contributed by atoms with Gasteiger partial charge >= 0.3 is 0 Å². The Morgan fingerprint density at radius 3 is 2.91 bits per heavy atom. The Kier molecular flexibility index (Phi) is 7.69. The Labute approximate surface area is 73.3 Å². The highest BCUT2D eigenvalue weighted by atomic mass is 32.2. The van der Waals surface area contributed by atoms with Crippen LogP contribution in [-0.2, 0) is 4.79 Å². The molecule has 1 nitrogen and oxygen atoms in total. The maximum atomic E-state index is 10.1. The third kappa shape index (κ3) is 6.17. The summed E-state index contributed by atoms with van der Waals surface area (Å²) in [6.45, 7) is 5.80. The van der Waals surface area contributed by atoms with Gasteiger partial charge in [0.05, 0.1) is 0 Å². The van der Waals surface area contributed by atoms with Crippen molar-refractivity contribution >= 4 is 17.4 Å². The van der Waals surface area contributed by atoms with Crippen LogP contribution in [0.3, 0.4) is 0 Å². The number of hydrogen-bond acceptors (Lipinski definition) is 2. The van der Waals surface area contributed by atoms with Crippen LogP contribution < -0.4 is 0 Å². The molecule has 0 aromatic heterocycles. The minimum Gasteiger partial charge on any atom is -0.277 e. The minimum absolute atomic E-state index is 0.407. The van der Waals surface area contributed by atoms with Crippen LogP contribution in [0.5, 0.6) is 0 Å². The van der Waals surface area contributed by atoms with Gasteiger partial charge in [-0.1, -0.05) is 37.6 Å². The van der Waals surface area contributed by atoms with Gasteiger partial charge in [-0.15, -0.1) is 6.58 Å². The first-order valence-corrected chi connectivity index (χ1v) is 4.86. The van der Waals surface area contributed by atoms with Crippen LogP contribution >= 0.6 is 11.8 Å². The van der Waals surface area contributed by atoms with Crippen LogP contribution in [-0.4, -0.2) is 10.9 Å². The van der Waals surface area contributed by atoms with Crippen LogP contribution in [0.4, 0.5) is 0 Å². The Morgan fingerprint density at radius 1 is 1.73 bits per heavy atom. The van der Waals surface area contributed by atoms with Gasteiger partial charge in [-0.25, -0.2) is 0 Å². The monoisotopic (exact) mass is 171 g/mol. The van der Waals surface area contributed by atoms with Gasteiger partial charge in [0.1, 0.15) is 0 Å². The van der Waals surface area contributed by atoms with Gasteiger partial charge in [0.15, 0.2) is 0 Å². The third-order valence-electron chi connectivity index (χ3n) is 1.52. The number of hydrogen-bond donors (Lipinski definition) is 0. The molecule has 11 heavy (non-hydrogen) atoms. The molecular weight excluding hydrogens is 156 g/mol. The molecule has 0 heterocycles. The smallest absolute Gasteiger partial charge is 0.266 e. The van der Waals surface area contributed by atoms with Crippen LogP contribution in [0.25, 0.3) is 0 Å². The van der Waals surface area contributed by atoms with Gasteiger partial charge in [-0.05, 0) is 12.8 Å². The van der Waals surface area contributed by atoms with E-state index in [4.69, 9.17) is 0 Å². The molecule has 0 fully saturated rings. The number of carbonyl (C=O) groups excluding carboxylic acids is 1. The third-order valence-corrected chi connectivity index (χ3v) is 2.38. The van der Waals surface area contributed by atoms with Crippen LogP contribution in [0, 0.1) is 0 Å². The summed E-state index contributed by atoms with van der Waals surface area (Å²) < 4.78 is 0. The second kappa shape index (κ2) is 7.86. The minimum atomic E-state index is 0.407. The molecule has 0 bridgehead atoms. The van der Waals surface area contributed by atoms with Crippen molar-refractivity contribution < 1.29 is 4.79 Å². The molecule has 0 aliphatic rings. The molecule has 0 rings (SSSR count). The van der Waals surface area contributed by atoms with Gasteiger partial charge in [0.25, 0.3) is 5.62 Å². The quantitative estimate of drug-likeness (QED) is 0.548. The Balaban J connectivity index is 3.49. The lowest BCUT2D eigenvalue weighted by Crippen LogP contribution is -2.00. The molecule has 0 aliphatic heterocycles. The van der Waals surface area contributed by atoms with E-state index in [1.54, 1.807) is 0 Å². The van der Waals surface area contributed by atoms with Gasteiger partial charge in [-0.3, -0.25) is 4.79 Å². The van der Waals surface area contributed by atoms with Crippen LogP contribution in [0.1, 0.15) is 32.6 Å². The molecule has 0 N–H and O–H groups in total. The molecule has 0 aliphatic carbocycles. The fraction of sp³-hybridized carbons (Fsp3) is 0.667. The molecule has 0 spiro atoms. The summed E-state index contributed by atoms with van der Waals surface area (Å²) in [6.07, 6.45) is 6.26. The van der Waals surface area contributed by atoms with E-state index in [1.165, 1.54) is 24.6 Å². The number of unbranched alkanes of at least 4 members (excludes halogenated alkanes) is 1. The Bertz CT molecular complexity index is 102. The van der Waals surface area contributed by atoms with Gasteiger partial charge in [-0.2, -0.15) is 0 Å². The molecule has 0 saturated carbocycles. The second-order valence-electron chi connectivity index (χ2n) is 2.49. The van der Waals surface area contributed by atoms with Crippen molar-refractivity contribution in [3.05, 3.63) is 12.7 Å². The highest BCUT2D eigenvalue weighted by Crippen LogP contribution is 2.18. The lowest BCUT2D eigenvalue weighted by Gasteiger charge is -2.08. The Morgan fingerprint density at radius 2 is 2.45 bits per heavy atom. The molecule has 63 valence electrons. The van der Waals surface area contributed by atoms with Crippen molar-refractivity contribution in [1.82, 2.24) is 0 Å². The van der Waals surface area contributed by atoms with E-state index in [0.29, 0.717) is 5.25 Å². The van der Waals surface area contributed by atoms with Crippen molar-refractivity contribution in [3.8, 4) is 0 Å². The second-order valence-corrected chi connectivity index (χ2v) is 3.56. The zero-order valence-electron chi connectivity index (χ0n) is 7.01. The SMILES string of the molecule is C=CCC(CCCC)S[C]=O. The lowest BCUT2D eigenvalue weighted by molar-refractivity contribution is 0.569. The first-order valence-electron chi connectivity index (χ1n) is 3.98. The highest BCUT2D eigenvalue weighted by molar-refractivity contribution is 8.12. The maximum absolute atomic E-state index is 10.1. The number of rotatable bonds is 7. The van der Waals surface area contributed by atoms with Crippen molar-refractivity contribution in [3.63, 3.8) is 0 Å². The molecule has 0 amide bonds. The van der Waals surface area contributed by atoms with Crippen molar-refractivity contribution in [2.24, 2.45) is 0 Å². The summed E-state index contributed by atoms with van der Waals surface area (Å²) in [5.41, 5.74) is 1.88. The van der Waals surface area contributed by atoms with Crippen molar-refractivity contribution in [2.75, 3.05) is 0 Å². The van der Waals surface area contributed by atoms with E-state index < -0.39 is 0 Å². The predicted octanol–water partition coefficient (Wildman–Crippen LogP) is 2.92. The average molecular weight is 171 g/mol. The number of allylic oxidation sites excluding steroid dienone is 1. The molecule has 0 aromatic rings. The predicted molar refractivity (Wildman–Crippen MR) is 51.4 cm³/mol. The zero-order valence-corrected chi connectivity index (χ0v) is 7.82. The molecule has 2 heteroatoms. The molecule has 0 aromatic carbocycles. The van der Waals surface area contributed by atoms with E-state index in [1.807, 2.05) is 11.7 Å². The fourth-order valence-electron chi connectivity index (χ4n) is 0.911. The summed E-state index contributed by atoms with van der Waals surface area (Å²) in [5.74, 6) is 0. The van der Waals surface area contributed by atoms with E-state index in [-0.39, 0.29) is 0 Å². The van der Waals surface area contributed by atoms with Crippen LogP contribution in [0.2, 0.25) is 0 Å². The van der Waals surface area contributed by atoms with E-state index >= 15 is 0 Å².